The molecule has 0 spiro atoms. The minimum atomic E-state index is 0.334. The molecule has 0 bridgehead atoms. The Bertz CT molecular complexity index is 356. The van der Waals surface area contributed by atoms with Gasteiger partial charge in [0.1, 0.15) is 0 Å². The lowest BCUT2D eigenvalue weighted by atomic mass is 10.0. The molecule has 2 aliphatic rings. The fraction of sp³-hybridized carbons (Fsp3) is 0.667. The quantitative estimate of drug-likeness (QED) is 0.829. The maximum absolute atomic E-state index is 6.17. The Labute approximate surface area is 95.1 Å². The van der Waals surface area contributed by atoms with E-state index in [0.29, 0.717) is 12.0 Å². The van der Waals surface area contributed by atoms with Crippen molar-refractivity contribution in [3.05, 3.63) is 21.9 Å². The third-order valence-electron chi connectivity index (χ3n) is 3.54. The van der Waals surface area contributed by atoms with Gasteiger partial charge in [0.15, 0.2) is 0 Å². The Hall–Kier alpha value is -0.380. The van der Waals surface area contributed by atoms with E-state index in [2.05, 4.69) is 24.1 Å². The van der Waals surface area contributed by atoms with E-state index in [-0.39, 0.29) is 0 Å². The van der Waals surface area contributed by atoms with Crippen molar-refractivity contribution in [3.8, 4) is 0 Å². The molecule has 0 amide bonds. The molecule has 0 radical (unpaired) electrons. The topological polar surface area (TPSA) is 29.3 Å². The van der Waals surface area contributed by atoms with Crippen LogP contribution in [0.4, 0.5) is 0 Å². The molecule has 2 N–H and O–H groups in total. The molecule has 2 nitrogen and oxygen atoms in total. The van der Waals surface area contributed by atoms with Crippen LogP contribution in [0, 0.1) is 0 Å². The van der Waals surface area contributed by atoms with Crippen LogP contribution in [0.25, 0.3) is 0 Å². The zero-order chi connectivity index (χ0) is 10.4. The van der Waals surface area contributed by atoms with Crippen molar-refractivity contribution in [2.24, 2.45) is 5.73 Å². The summed E-state index contributed by atoms with van der Waals surface area (Å²) < 4.78 is 0. The highest BCUT2D eigenvalue weighted by molar-refractivity contribution is 7.12. The highest BCUT2D eigenvalue weighted by Crippen LogP contribution is 2.44. The van der Waals surface area contributed by atoms with Crippen LogP contribution in [-0.4, -0.2) is 31.1 Å². The van der Waals surface area contributed by atoms with Crippen LogP contribution in [-0.2, 0) is 0 Å². The van der Waals surface area contributed by atoms with E-state index in [9.17, 15) is 0 Å². The van der Waals surface area contributed by atoms with E-state index in [4.69, 9.17) is 5.73 Å². The third kappa shape index (κ3) is 1.84. The van der Waals surface area contributed by atoms with Crippen molar-refractivity contribution < 1.29 is 0 Å². The molecule has 15 heavy (non-hydrogen) atoms. The molecule has 1 saturated heterocycles. The summed E-state index contributed by atoms with van der Waals surface area (Å²) in [5.74, 6) is 1.46. The maximum Gasteiger partial charge on any atom is 0.0257 e. The smallest absolute Gasteiger partial charge is 0.0257 e. The summed E-state index contributed by atoms with van der Waals surface area (Å²) in [5, 5.41) is 0. The van der Waals surface area contributed by atoms with Gasteiger partial charge in [0.05, 0.1) is 0 Å². The Morgan fingerprint density at radius 2 is 2.00 bits per heavy atom. The number of thiophene rings is 1. The van der Waals surface area contributed by atoms with Crippen LogP contribution in [0.2, 0.25) is 0 Å². The van der Waals surface area contributed by atoms with E-state index in [0.717, 1.165) is 19.0 Å². The van der Waals surface area contributed by atoms with E-state index in [1.807, 2.05) is 11.3 Å². The van der Waals surface area contributed by atoms with Gasteiger partial charge < -0.3 is 10.6 Å². The summed E-state index contributed by atoms with van der Waals surface area (Å²) in [5.41, 5.74) is 6.17. The molecule has 3 rings (SSSR count). The first kappa shape index (κ1) is 9.82. The standard InChI is InChI=1S/C12H18N2S/c1-14-6-9(10(13)7-14)12-5-4-11(15-12)8-2-3-8/h4-5,8-10H,2-3,6-7,13H2,1H3/t9-,10-/m0/s1. The molecule has 1 saturated carbocycles. The minimum Gasteiger partial charge on any atom is -0.326 e. The molecule has 82 valence electrons. The minimum absolute atomic E-state index is 0.334. The zero-order valence-corrected chi connectivity index (χ0v) is 9.96. The van der Waals surface area contributed by atoms with Crippen molar-refractivity contribution >= 4 is 11.3 Å². The van der Waals surface area contributed by atoms with Gasteiger partial charge in [0, 0.05) is 34.8 Å². The number of hydrogen-bond acceptors (Lipinski definition) is 3. The average Bonchev–Trinajstić information content (AvgIpc) is 2.83. The molecule has 3 heteroatoms. The lowest BCUT2D eigenvalue weighted by Gasteiger charge is -2.11. The van der Waals surface area contributed by atoms with E-state index in [1.54, 1.807) is 4.88 Å². The lowest BCUT2D eigenvalue weighted by molar-refractivity contribution is 0.408. The van der Waals surface area contributed by atoms with Crippen molar-refractivity contribution in [2.45, 2.75) is 30.7 Å². The zero-order valence-electron chi connectivity index (χ0n) is 9.15. The first-order valence-electron chi connectivity index (χ1n) is 5.78. The van der Waals surface area contributed by atoms with Gasteiger partial charge in [0.2, 0.25) is 0 Å². The van der Waals surface area contributed by atoms with E-state index < -0.39 is 0 Å². The highest BCUT2D eigenvalue weighted by atomic mass is 32.1. The van der Waals surface area contributed by atoms with Crippen molar-refractivity contribution in [1.29, 1.82) is 0 Å². The van der Waals surface area contributed by atoms with Crippen molar-refractivity contribution in [2.75, 3.05) is 20.1 Å². The van der Waals surface area contributed by atoms with E-state index in [1.165, 1.54) is 17.7 Å². The molecule has 2 atom stereocenters. The highest BCUT2D eigenvalue weighted by Gasteiger charge is 2.32. The van der Waals surface area contributed by atoms with Crippen LogP contribution in [0.15, 0.2) is 12.1 Å². The Morgan fingerprint density at radius 3 is 2.60 bits per heavy atom. The second-order valence-corrected chi connectivity index (χ2v) is 6.15. The van der Waals surface area contributed by atoms with Crippen molar-refractivity contribution in [3.63, 3.8) is 0 Å². The second kappa shape index (κ2) is 3.58. The Balaban J connectivity index is 1.79. The summed E-state index contributed by atoms with van der Waals surface area (Å²) in [6.45, 7) is 2.17. The largest absolute Gasteiger partial charge is 0.326 e. The summed E-state index contributed by atoms with van der Waals surface area (Å²) >= 11 is 2.00. The van der Waals surface area contributed by atoms with Gasteiger partial charge in [-0.1, -0.05) is 0 Å². The predicted molar refractivity (Wildman–Crippen MR) is 64.5 cm³/mol. The molecular weight excluding hydrogens is 204 g/mol. The van der Waals surface area contributed by atoms with E-state index >= 15 is 0 Å². The summed E-state index contributed by atoms with van der Waals surface area (Å²) in [4.78, 5) is 5.44. The monoisotopic (exact) mass is 222 g/mol. The SMILES string of the molecule is CN1C[C@H](c2ccc(C3CC3)s2)[C@@H](N)C1. The van der Waals surface area contributed by atoms with Gasteiger partial charge in [-0.15, -0.1) is 11.3 Å². The summed E-state index contributed by atoms with van der Waals surface area (Å²) in [6, 6.07) is 4.96. The van der Waals surface area contributed by atoms with Gasteiger partial charge >= 0.3 is 0 Å². The van der Waals surface area contributed by atoms with Crippen LogP contribution < -0.4 is 5.73 Å². The maximum atomic E-state index is 6.17. The fourth-order valence-corrected chi connectivity index (χ4v) is 3.84. The normalized spacial score (nSPS) is 32.4. The fourth-order valence-electron chi connectivity index (χ4n) is 2.49. The summed E-state index contributed by atoms with van der Waals surface area (Å²) in [7, 11) is 2.16. The molecule has 0 unspecified atom stereocenters. The molecule has 0 aromatic carbocycles. The van der Waals surface area contributed by atoms with Gasteiger partial charge in [-0.3, -0.25) is 0 Å². The Morgan fingerprint density at radius 1 is 1.27 bits per heavy atom. The third-order valence-corrected chi connectivity index (χ3v) is 4.92. The predicted octanol–water partition coefficient (Wildman–Crippen LogP) is 1.98. The van der Waals surface area contributed by atoms with Gasteiger partial charge in [0.25, 0.3) is 0 Å². The first-order chi connectivity index (χ1) is 7.24. The van der Waals surface area contributed by atoms with Gasteiger partial charge in [-0.05, 0) is 37.9 Å². The number of nitrogens with zero attached hydrogens (tertiary/aromatic N) is 1. The van der Waals surface area contributed by atoms with Crippen LogP contribution in [0.1, 0.15) is 34.4 Å². The number of hydrogen-bond donors (Lipinski definition) is 1. The molecule has 1 aromatic rings. The first-order valence-corrected chi connectivity index (χ1v) is 6.59. The van der Waals surface area contributed by atoms with Gasteiger partial charge in [-0.2, -0.15) is 0 Å². The number of likely N-dealkylation sites (N-methyl/N-ethyl adjacent to an activating group) is 1. The Kier molecular flexibility index (Phi) is 2.34. The second-order valence-electron chi connectivity index (χ2n) is 5.01. The molecule has 1 aliphatic carbocycles. The van der Waals surface area contributed by atoms with Crippen LogP contribution >= 0.6 is 11.3 Å². The molecule has 2 heterocycles. The molecular formula is C12H18N2S. The molecule has 1 aliphatic heterocycles. The van der Waals surface area contributed by atoms with Crippen LogP contribution in [0.3, 0.4) is 0 Å². The number of rotatable bonds is 2. The molecule has 2 fully saturated rings. The molecule has 1 aromatic heterocycles. The number of likely N-dealkylation sites (tertiary alicyclic amines) is 1. The average molecular weight is 222 g/mol. The van der Waals surface area contributed by atoms with Crippen molar-refractivity contribution in [1.82, 2.24) is 4.90 Å². The van der Waals surface area contributed by atoms with Crippen LogP contribution in [0.5, 0.6) is 0 Å². The summed E-state index contributed by atoms with van der Waals surface area (Å²) in [6.07, 6.45) is 2.80. The van der Waals surface area contributed by atoms with Gasteiger partial charge in [-0.25, -0.2) is 0 Å². The lowest BCUT2D eigenvalue weighted by Crippen LogP contribution is -2.27. The number of nitrogens with two attached hydrogens (primary N) is 1.